The second kappa shape index (κ2) is 7.64. The molecule has 0 aromatic carbocycles. The molecule has 0 amide bonds. The molecule has 5 heteroatoms. The molecule has 0 aromatic rings. The molecule has 0 aromatic heterocycles. The normalized spacial score (nSPS) is 17.9. The Bertz CT molecular complexity index is 289. The number of carbonyl (C=O) groups is 2. The van der Waals surface area contributed by atoms with Gasteiger partial charge in [-0.1, -0.05) is 12.7 Å². The van der Waals surface area contributed by atoms with E-state index in [-0.39, 0.29) is 5.97 Å². The van der Waals surface area contributed by atoms with Crippen LogP contribution in [-0.2, 0) is 19.1 Å². The van der Waals surface area contributed by atoms with Crippen LogP contribution >= 0.6 is 0 Å². The van der Waals surface area contributed by atoms with Crippen molar-refractivity contribution in [1.29, 1.82) is 0 Å². The predicted molar refractivity (Wildman–Crippen MR) is 58.0 cm³/mol. The fraction of sp³-hybridized carbons (Fsp3) is 0.455. The summed E-state index contributed by atoms with van der Waals surface area (Å²) in [6.07, 6.45) is 3.85. The van der Waals surface area contributed by atoms with Crippen LogP contribution in [0.1, 0.15) is 13.3 Å². The van der Waals surface area contributed by atoms with E-state index in [4.69, 9.17) is 9.84 Å². The fourth-order valence-electron chi connectivity index (χ4n) is 0.757. The summed E-state index contributed by atoms with van der Waals surface area (Å²) in [5.74, 6) is -1.24. The SMILES string of the molecule is C=CC(=O)O.COC(=O)C(C)=CCC1CO1. The molecule has 90 valence electrons. The van der Waals surface area contributed by atoms with E-state index >= 15 is 0 Å². The first-order chi connectivity index (χ1) is 7.51. The number of carboxylic acids is 1. The summed E-state index contributed by atoms with van der Waals surface area (Å²) in [6, 6.07) is 0. The van der Waals surface area contributed by atoms with Gasteiger partial charge in [0.05, 0.1) is 19.8 Å². The molecule has 0 bridgehead atoms. The second-order valence-electron chi connectivity index (χ2n) is 3.11. The maximum absolute atomic E-state index is 10.8. The van der Waals surface area contributed by atoms with Crippen molar-refractivity contribution in [3.05, 3.63) is 24.3 Å². The number of carboxylic acid groups (broad SMARTS) is 1. The molecule has 0 spiro atoms. The average Bonchev–Trinajstić information content (AvgIpc) is 3.09. The zero-order chi connectivity index (χ0) is 12.6. The monoisotopic (exact) mass is 228 g/mol. The van der Waals surface area contributed by atoms with E-state index < -0.39 is 5.97 Å². The smallest absolute Gasteiger partial charge is 0.333 e. The minimum Gasteiger partial charge on any atom is -0.478 e. The highest BCUT2D eigenvalue weighted by Gasteiger charge is 2.20. The molecular formula is C11H16O5. The van der Waals surface area contributed by atoms with Gasteiger partial charge in [0.1, 0.15) is 0 Å². The average molecular weight is 228 g/mol. The van der Waals surface area contributed by atoms with E-state index in [2.05, 4.69) is 11.3 Å². The third-order valence-electron chi connectivity index (χ3n) is 1.77. The number of hydrogen-bond donors (Lipinski definition) is 1. The van der Waals surface area contributed by atoms with Gasteiger partial charge in [0.2, 0.25) is 0 Å². The summed E-state index contributed by atoms with van der Waals surface area (Å²) < 4.78 is 9.49. The summed E-state index contributed by atoms with van der Waals surface area (Å²) in [7, 11) is 1.38. The zero-order valence-electron chi connectivity index (χ0n) is 9.43. The Hall–Kier alpha value is -1.62. The van der Waals surface area contributed by atoms with Crippen molar-refractivity contribution < 1.29 is 24.2 Å². The molecule has 1 aliphatic heterocycles. The molecule has 1 aliphatic rings. The number of epoxide rings is 1. The van der Waals surface area contributed by atoms with Crippen LogP contribution < -0.4 is 0 Å². The Balaban J connectivity index is 0.000000385. The summed E-state index contributed by atoms with van der Waals surface area (Å²) in [4.78, 5) is 20.1. The first kappa shape index (κ1) is 14.4. The second-order valence-corrected chi connectivity index (χ2v) is 3.11. The van der Waals surface area contributed by atoms with Gasteiger partial charge in [-0.3, -0.25) is 0 Å². The molecule has 1 rings (SSSR count). The minimum atomic E-state index is -0.981. The molecule has 5 nitrogen and oxygen atoms in total. The van der Waals surface area contributed by atoms with Crippen LogP contribution in [0.2, 0.25) is 0 Å². The van der Waals surface area contributed by atoms with Gasteiger partial charge in [0, 0.05) is 11.6 Å². The number of hydrogen-bond acceptors (Lipinski definition) is 4. The van der Waals surface area contributed by atoms with Crippen molar-refractivity contribution in [1.82, 2.24) is 0 Å². The van der Waals surface area contributed by atoms with Gasteiger partial charge in [-0.2, -0.15) is 0 Å². The third-order valence-corrected chi connectivity index (χ3v) is 1.77. The molecule has 0 aliphatic carbocycles. The molecule has 1 N–H and O–H groups in total. The number of aliphatic carboxylic acids is 1. The van der Waals surface area contributed by atoms with E-state index in [1.807, 2.05) is 6.08 Å². The summed E-state index contributed by atoms with van der Waals surface area (Å²) in [5, 5.41) is 7.60. The van der Waals surface area contributed by atoms with Crippen LogP contribution in [0.15, 0.2) is 24.3 Å². The quantitative estimate of drug-likeness (QED) is 0.444. The lowest BCUT2D eigenvalue weighted by atomic mass is 10.2. The minimum absolute atomic E-state index is 0.259. The van der Waals surface area contributed by atoms with Crippen molar-refractivity contribution >= 4 is 11.9 Å². The van der Waals surface area contributed by atoms with Crippen molar-refractivity contribution in [3.63, 3.8) is 0 Å². The zero-order valence-corrected chi connectivity index (χ0v) is 9.43. The topological polar surface area (TPSA) is 76.1 Å². The van der Waals surface area contributed by atoms with Crippen molar-refractivity contribution in [2.45, 2.75) is 19.4 Å². The molecular weight excluding hydrogens is 212 g/mol. The number of carbonyl (C=O) groups excluding carboxylic acids is 1. The van der Waals surface area contributed by atoms with Gasteiger partial charge in [-0.05, 0) is 13.3 Å². The Kier molecular flexibility index (Phi) is 6.87. The molecule has 16 heavy (non-hydrogen) atoms. The standard InChI is InChI=1S/C8H12O3.C3H4O2/c1-6(8(9)10-2)3-4-7-5-11-7;1-2-3(4)5/h3,7H,4-5H2,1-2H3;2H,1H2,(H,4,5). The number of rotatable bonds is 4. The highest BCUT2D eigenvalue weighted by molar-refractivity contribution is 5.87. The highest BCUT2D eigenvalue weighted by atomic mass is 16.6. The van der Waals surface area contributed by atoms with E-state index in [9.17, 15) is 9.59 Å². The van der Waals surface area contributed by atoms with Crippen molar-refractivity contribution in [2.24, 2.45) is 0 Å². The Morgan fingerprint density at radius 1 is 1.62 bits per heavy atom. The summed E-state index contributed by atoms with van der Waals surface area (Å²) in [5.41, 5.74) is 0.656. The van der Waals surface area contributed by atoms with Crippen LogP contribution in [0.4, 0.5) is 0 Å². The first-order valence-corrected chi connectivity index (χ1v) is 4.73. The molecule has 1 unspecified atom stereocenters. The van der Waals surface area contributed by atoms with Crippen molar-refractivity contribution in [2.75, 3.05) is 13.7 Å². The Labute approximate surface area is 94.4 Å². The molecule has 0 saturated carbocycles. The summed E-state index contributed by atoms with van der Waals surface area (Å²) in [6.45, 7) is 5.53. The fourth-order valence-corrected chi connectivity index (χ4v) is 0.757. The molecule has 1 atom stereocenters. The number of ether oxygens (including phenoxy) is 2. The molecule has 1 fully saturated rings. The lowest BCUT2D eigenvalue weighted by Crippen LogP contribution is -2.01. The Morgan fingerprint density at radius 3 is 2.44 bits per heavy atom. The molecule has 1 heterocycles. The maximum Gasteiger partial charge on any atom is 0.333 e. The van der Waals surface area contributed by atoms with Gasteiger partial charge in [0.25, 0.3) is 0 Å². The van der Waals surface area contributed by atoms with Gasteiger partial charge < -0.3 is 14.6 Å². The van der Waals surface area contributed by atoms with Gasteiger partial charge in [0.15, 0.2) is 0 Å². The van der Waals surface area contributed by atoms with Crippen LogP contribution in [0.3, 0.4) is 0 Å². The van der Waals surface area contributed by atoms with Crippen LogP contribution in [0.25, 0.3) is 0 Å². The largest absolute Gasteiger partial charge is 0.478 e. The Morgan fingerprint density at radius 2 is 2.12 bits per heavy atom. The molecule has 0 radical (unpaired) electrons. The molecule has 1 saturated heterocycles. The van der Waals surface area contributed by atoms with Gasteiger partial charge >= 0.3 is 11.9 Å². The van der Waals surface area contributed by atoms with Gasteiger partial charge in [-0.25, -0.2) is 9.59 Å². The van der Waals surface area contributed by atoms with Crippen LogP contribution in [-0.4, -0.2) is 36.9 Å². The number of methoxy groups -OCH3 is 1. The van der Waals surface area contributed by atoms with Crippen LogP contribution in [0, 0.1) is 0 Å². The highest BCUT2D eigenvalue weighted by Crippen LogP contribution is 2.14. The van der Waals surface area contributed by atoms with Crippen molar-refractivity contribution in [3.8, 4) is 0 Å². The lowest BCUT2D eigenvalue weighted by Gasteiger charge is -1.96. The van der Waals surface area contributed by atoms with Gasteiger partial charge in [-0.15, -0.1) is 0 Å². The predicted octanol–water partition coefficient (Wildman–Crippen LogP) is 1.15. The third kappa shape index (κ3) is 7.75. The maximum atomic E-state index is 10.8. The lowest BCUT2D eigenvalue weighted by molar-refractivity contribution is -0.136. The van der Waals surface area contributed by atoms with E-state index in [1.54, 1.807) is 6.92 Å². The van der Waals surface area contributed by atoms with Crippen LogP contribution in [0.5, 0.6) is 0 Å². The number of esters is 1. The van der Waals surface area contributed by atoms with E-state index in [1.165, 1.54) is 7.11 Å². The van der Waals surface area contributed by atoms with E-state index in [0.717, 1.165) is 19.1 Å². The first-order valence-electron chi connectivity index (χ1n) is 4.73. The summed E-state index contributed by atoms with van der Waals surface area (Å²) >= 11 is 0. The van der Waals surface area contributed by atoms with E-state index in [0.29, 0.717) is 11.7 Å².